The first-order valence-corrected chi connectivity index (χ1v) is 6.06. The summed E-state index contributed by atoms with van der Waals surface area (Å²) in [6, 6.07) is 9.38. The Hall–Kier alpha value is -1.81. The molecule has 0 aliphatic heterocycles. The Morgan fingerprint density at radius 1 is 1.44 bits per heavy atom. The van der Waals surface area contributed by atoms with E-state index in [2.05, 4.69) is 0 Å². The van der Waals surface area contributed by atoms with Crippen LogP contribution in [0.1, 0.15) is 17.5 Å². The summed E-state index contributed by atoms with van der Waals surface area (Å²) in [4.78, 5) is 13.8. The van der Waals surface area contributed by atoms with E-state index in [0.717, 1.165) is 11.0 Å². The SMILES string of the molecule is CC(CN)CN(C)C(=O)c1cc2ccccc2o1. The first kappa shape index (κ1) is 12.6. The van der Waals surface area contributed by atoms with Crippen LogP contribution >= 0.6 is 0 Å². The van der Waals surface area contributed by atoms with Gasteiger partial charge in [-0.05, 0) is 24.6 Å². The van der Waals surface area contributed by atoms with Crippen molar-refractivity contribution < 1.29 is 9.21 Å². The Morgan fingerprint density at radius 2 is 2.17 bits per heavy atom. The average molecular weight is 246 g/mol. The van der Waals surface area contributed by atoms with Crippen molar-refractivity contribution in [2.75, 3.05) is 20.1 Å². The topological polar surface area (TPSA) is 59.5 Å². The summed E-state index contributed by atoms with van der Waals surface area (Å²) in [6.45, 7) is 3.21. The molecule has 0 saturated carbocycles. The standard InChI is InChI=1S/C14H18N2O2/c1-10(8-15)9-16(2)14(17)13-7-11-5-3-4-6-12(11)18-13/h3-7,10H,8-9,15H2,1-2H3. The van der Waals surface area contributed by atoms with Gasteiger partial charge in [-0.15, -0.1) is 0 Å². The van der Waals surface area contributed by atoms with E-state index < -0.39 is 0 Å². The Morgan fingerprint density at radius 3 is 2.83 bits per heavy atom. The zero-order valence-corrected chi connectivity index (χ0v) is 10.7. The lowest BCUT2D eigenvalue weighted by Crippen LogP contribution is -2.33. The number of nitrogens with two attached hydrogens (primary N) is 1. The van der Waals surface area contributed by atoms with Crippen LogP contribution < -0.4 is 5.73 Å². The largest absolute Gasteiger partial charge is 0.451 e. The van der Waals surface area contributed by atoms with Crippen LogP contribution in [0.25, 0.3) is 11.0 Å². The highest BCUT2D eigenvalue weighted by Crippen LogP contribution is 2.19. The number of carbonyl (C=O) groups excluding carboxylic acids is 1. The fraction of sp³-hybridized carbons (Fsp3) is 0.357. The second-order valence-electron chi connectivity index (χ2n) is 4.68. The third-order valence-electron chi connectivity index (χ3n) is 2.97. The quantitative estimate of drug-likeness (QED) is 0.898. The van der Waals surface area contributed by atoms with Crippen LogP contribution in [0, 0.1) is 5.92 Å². The van der Waals surface area contributed by atoms with E-state index >= 15 is 0 Å². The van der Waals surface area contributed by atoms with E-state index in [0.29, 0.717) is 18.8 Å². The first-order valence-electron chi connectivity index (χ1n) is 6.06. The number of fused-ring (bicyclic) bond motifs is 1. The van der Waals surface area contributed by atoms with Crippen LogP contribution in [0.4, 0.5) is 0 Å². The van der Waals surface area contributed by atoms with Crippen LogP contribution in [0.15, 0.2) is 34.7 Å². The predicted octanol–water partition coefficient (Wildman–Crippen LogP) is 2.10. The minimum absolute atomic E-state index is 0.105. The maximum atomic E-state index is 12.2. The normalized spacial score (nSPS) is 12.6. The fourth-order valence-electron chi connectivity index (χ4n) is 1.90. The van der Waals surface area contributed by atoms with Crippen LogP contribution in [-0.2, 0) is 0 Å². The van der Waals surface area contributed by atoms with Gasteiger partial charge in [0.15, 0.2) is 5.76 Å². The minimum atomic E-state index is -0.105. The molecule has 1 unspecified atom stereocenters. The maximum Gasteiger partial charge on any atom is 0.289 e. The third-order valence-corrected chi connectivity index (χ3v) is 2.97. The zero-order valence-electron chi connectivity index (χ0n) is 10.7. The number of nitrogens with zero attached hydrogens (tertiary/aromatic N) is 1. The molecule has 1 amide bonds. The highest BCUT2D eigenvalue weighted by Gasteiger charge is 2.17. The molecule has 18 heavy (non-hydrogen) atoms. The lowest BCUT2D eigenvalue weighted by molar-refractivity contribution is 0.0748. The molecule has 1 atom stereocenters. The molecule has 96 valence electrons. The molecule has 0 fully saturated rings. The minimum Gasteiger partial charge on any atom is -0.451 e. The number of hydrogen-bond acceptors (Lipinski definition) is 3. The van der Waals surface area contributed by atoms with Gasteiger partial charge in [0.05, 0.1) is 0 Å². The summed E-state index contributed by atoms with van der Waals surface area (Å²) in [5, 5.41) is 0.945. The van der Waals surface area contributed by atoms with E-state index in [-0.39, 0.29) is 11.8 Å². The summed E-state index contributed by atoms with van der Waals surface area (Å²) in [6.07, 6.45) is 0. The molecule has 0 saturated heterocycles. The molecule has 2 rings (SSSR count). The number of rotatable bonds is 4. The van der Waals surface area contributed by atoms with Gasteiger partial charge < -0.3 is 15.1 Å². The molecular weight excluding hydrogens is 228 g/mol. The van der Waals surface area contributed by atoms with Crippen molar-refractivity contribution in [3.05, 3.63) is 36.1 Å². The second-order valence-corrected chi connectivity index (χ2v) is 4.68. The van der Waals surface area contributed by atoms with E-state index in [9.17, 15) is 4.79 Å². The first-order chi connectivity index (χ1) is 8.61. The van der Waals surface area contributed by atoms with Crippen molar-refractivity contribution in [2.24, 2.45) is 11.7 Å². The van der Waals surface area contributed by atoms with Gasteiger partial charge >= 0.3 is 0 Å². The molecule has 1 aromatic heterocycles. The highest BCUT2D eigenvalue weighted by molar-refractivity contribution is 5.95. The van der Waals surface area contributed by atoms with Crippen molar-refractivity contribution in [3.63, 3.8) is 0 Å². The van der Waals surface area contributed by atoms with Gasteiger partial charge in [-0.3, -0.25) is 4.79 Å². The molecule has 0 bridgehead atoms. The molecule has 0 aliphatic carbocycles. The zero-order chi connectivity index (χ0) is 13.1. The molecule has 1 heterocycles. The second kappa shape index (κ2) is 5.23. The summed E-state index contributed by atoms with van der Waals surface area (Å²) >= 11 is 0. The molecule has 4 nitrogen and oxygen atoms in total. The van der Waals surface area contributed by atoms with Crippen LogP contribution in [0.5, 0.6) is 0 Å². The van der Waals surface area contributed by atoms with E-state index in [1.807, 2.05) is 31.2 Å². The van der Waals surface area contributed by atoms with Crippen LogP contribution in [-0.4, -0.2) is 30.9 Å². The molecular formula is C14H18N2O2. The van der Waals surface area contributed by atoms with E-state index in [1.165, 1.54) is 0 Å². The Labute approximate surface area is 106 Å². The lowest BCUT2D eigenvalue weighted by atomic mass is 10.1. The van der Waals surface area contributed by atoms with E-state index in [1.54, 1.807) is 18.0 Å². The van der Waals surface area contributed by atoms with Crippen molar-refractivity contribution in [1.29, 1.82) is 0 Å². The summed E-state index contributed by atoms with van der Waals surface area (Å²) in [7, 11) is 1.77. The molecule has 2 aromatic rings. The number of benzene rings is 1. The average Bonchev–Trinajstić information content (AvgIpc) is 2.81. The van der Waals surface area contributed by atoms with Gasteiger partial charge in [-0.2, -0.15) is 0 Å². The van der Waals surface area contributed by atoms with Gasteiger partial charge in [0.2, 0.25) is 0 Å². The Balaban J connectivity index is 2.17. The fourth-order valence-corrected chi connectivity index (χ4v) is 1.90. The van der Waals surface area contributed by atoms with Crippen molar-refractivity contribution in [2.45, 2.75) is 6.92 Å². The molecule has 4 heteroatoms. The molecule has 2 N–H and O–H groups in total. The molecule has 0 radical (unpaired) electrons. The van der Waals surface area contributed by atoms with Crippen LogP contribution in [0.3, 0.4) is 0 Å². The predicted molar refractivity (Wildman–Crippen MR) is 71.4 cm³/mol. The Kier molecular flexibility index (Phi) is 3.67. The van der Waals surface area contributed by atoms with Gasteiger partial charge in [0.25, 0.3) is 5.91 Å². The lowest BCUT2D eigenvalue weighted by Gasteiger charge is -2.19. The number of hydrogen-bond donors (Lipinski definition) is 1. The highest BCUT2D eigenvalue weighted by atomic mass is 16.3. The Bertz CT molecular complexity index is 514. The summed E-state index contributed by atoms with van der Waals surface area (Å²) in [5.41, 5.74) is 6.30. The maximum absolute atomic E-state index is 12.2. The molecule has 0 aliphatic rings. The summed E-state index contributed by atoms with van der Waals surface area (Å²) in [5.74, 6) is 0.553. The number of amides is 1. The monoisotopic (exact) mass is 246 g/mol. The van der Waals surface area contributed by atoms with Crippen molar-refractivity contribution >= 4 is 16.9 Å². The molecule has 1 aromatic carbocycles. The number of furan rings is 1. The van der Waals surface area contributed by atoms with Crippen molar-refractivity contribution in [1.82, 2.24) is 4.90 Å². The van der Waals surface area contributed by atoms with Crippen LogP contribution in [0.2, 0.25) is 0 Å². The van der Waals surface area contributed by atoms with Gasteiger partial charge in [-0.1, -0.05) is 25.1 Å². The van der Waals surface area contributed by atoms with Gasteiger partial charge in [0, 0.05) is 19.0 Å². The summed E-state index contributed by atoms with van der Waals surface area (Å²) < 4.78 is 5.54. The van der Waals surface area contributed by atoms with E-state index in [4.69, 9.17) is 10.2 Å². The number of carbonyl (C=O) groups is 1. The molecule has 0 spiro atoms. The van der Waals surface area contributed by atoms with Gasteiger partial charge in [-0.25, -0.2) is 0 Å². The van der Waals surface area contributed by atoms with Gasteiger partial charge in [0.1, 0.15) is 5.58 Å². The number of para-hydroxylation sites is 1. The van der Waals surface area contributed by atoms with Crippen molar-refractivity contribution in [3.8, 4) is 0 Å². The smallest absolute Gasteiger partial charge is 0.289 e. The third kappa shape index (κ3) is 2.54.